The number of H-pyrrole nitrogens is 1. The summed E-state index contributed by atoms with van der Waals surface area (Å²) >= 11 is 0. The molecule has 0 saturated carbocycles. The number of rotatable bonds is 4. The van der Waals surface area contributed by atoms with Crippen LogP contribution in [0.15, 0.2) is 70.5 Å². The Balaban J connectivity index is 2.07. The maximum absolute atomic E-state index is 12.9. The molecule has 3 rings (SSSR count). The van der Waals surface area contributed by atoms with Crippen molar-refractivity contribution in [2.75, 3.05) is 0 Å². The molecule has 0 bridgehead atoms. The summed E-state index contributed by atoms with van der Waals surface area (Å²) in [5, 5.41) is 0. The minimum atomic E-state index is -3.51. The summed E-state index contributed by atoms with van der Waals surface area (Å²) in [6.45, 7) is 4.01. The van der Waals surface area contributed by atoms with Gasteiger partial charge in [-0.1, -0.05) is 36.4 Å². The fraction of sp³-hybridized carbons (Fsp3) is 0.158. The average Bonchev–Trinajstić information content (AvgIpc) is 2.86. The Hall–Kier alpha value is -2.33. The van der Waals surface area contributed by atoms with Gasteiger partial charge in [0.15, 0.2) is 0 Å². The van der Waals surface area contributed by atoms with Gasteiger partial charge in [0.05, 0.1) is 9.79 Å². The molecule has 3 nitrogen and oxygen atoms in total. The molecule has 0 unspecified atom stereocenters. The van der Waals surface area contributed by atoms with Crippen molar-refractivity contribution in [3.8, 4) is 0 Å². The van der Waals surface area contributed by atoms with Crippen molar-refractivity contribution in [3.05, 3.63) is 83.2 Å². The molecule has 0 amide bonds. The summed E-state index contributed by atoms with van der Waals surface area (Å²) in [4.78, 5) is 3.98. The van der Waals surface area contributed by atoms with Crippen molar-refractivity contribution < 1.29 is 8.42 Å². The summed E-state index contributed by atoms with van der Waals surface area (Å²) in [6.07, 6.45) is 0.596. The van der Waals surface area contributed by atoms with E-state index in [1.165, 1.54) is 0 Å². The van der Waals surface area contributed by atoms with E-state index < -0.39 is 9.84 Å². The molecule has 0 fully saturated rings. The predicted molar refractivity (Wildman–Crippen MR) is 91.4 cm³/mol. The van der Waals surface area contributed by atoms with Crippen LogP contribution in [0.5, 0.6) is 0 Å². The van der Waals surface area contributed by atoms with E-state index in [1.54, 1.807) is 36.4 Å². The second-order valence-corrected chi connectivity index (χ2v) is 7.62. The van der Waals surface area contributed by atoms with Crippen LogP contribution in [0.4, 0.5) is 0 Å². The highest BCUT2D eigenvalue weighted by Gasteiger charge is 2.21. The van der Waals surface area contributed by atoms with E-state index in [9.17, 15) is 8.42 Å². The Morgan fingerprint density at radius 2 is 1.52 bits per heavy atom. The molecule has 23 heavy (non-hydrogen) atoms. The first-order valence-electron chi connectivity index (χ1n) is 7.51. The fourth-order valence-electron chi connectivity index (χ4n) is 2.81. The van der Waals surface area contributed by atoms with Crippen molar-refractivity contribution in [2.24, 2.45) is 0 Å². The van der Waals surface area contributed by atoms with Crippen molar-refractivity contribution in [3.63, 3.8) is 0 Å². The average molecular weight is 325 g/mol. The summed E-state index contributed by atoms with van der Waals surface area (Å²) in [5.74, 6) is 0. The van der Waals surface area contributed by atoms with Gasteiger partial charge >= 0.3 is 0 Å². The van der Waals surface area contributed by atoms with Crippen LogP contribution in [0, 0.1) is 13.8 Å². The molecular weight excluding hydrogens is 306 g/mol. The largest absolute Gasteiger partial charge is 0.362 e. The van der Waals surface area contributed by atoms with Crippen LogP contribution in [0.2, 0.25) is 0 Å². The summed E-state index contributed by atoms with van der Waals surface area (Å²) in [6, 6.07) is 17.9. The van der Waals surface area contributed by atoms with Gasteiger partial charge in [-0.3, -0.25) is 0 Å². The Morgan fingerprint density at radius 1 is 0.870 bits per heavy atom. The maximum atomic E-state index is 12.9. The summed E-state index contributed by atoms with van der Waals surface area (Å²) < 4.78 is 25.9. The molecule has 0 saturated heterocycles. The minimum Gasteiger partial charge on any atom is -0.362 e. The Labute approximate surface area is 136 Å². The highest BCUT2D eigenvalue weighted by molar-refractivity contribution is 7.91. The number of aromatic nitrogens is 1. The van der Waals surface area contributed by atoms with Gasteiger partial charge in [-0.15, -0.1) is 0 Å². The molecule has 0 spiro atoms. The van der Waals surface area contributed by atoms with Crippen molar-refractivity contribution >= 4 is 9.84 Å². The number of sulfone groups is 1. The number of nitrogens with one attached hydrogen (secondary N) is 1. The van der Waals surface area contributed by atoms with Gasteiger partial charge in [-0.25, -0.2) is 8.42 Å². The van der Waals surface area contributed by atoms with E-state index in [4.69, 9.17) is 0 Å². The molecule has 0 aliphatic carbocycles. The van der Waals surface area contributed by atoms with E-state index in [1.807, 2.05) is 32.0 Å². The normalized spacial score (nSPS) is 11.6. The Morgan fingerprint density at radius 3 is 2.17 bits per heavy atom. The van der Waals surface area contributed by atoms with Gasteiger partial charge in [0.25, 0.3) is 0 Å². The van der Waals surface area contributed by atoms with Gasteiger partial charge in [0.2, 0.25) is 9.84 Å². The molecule has 3 aromatic rings. The molecule has 1 heterocycles. The summed E-state index contributed by atoms with van der Waals surface area (Å²) in [7, 11) is -3.51. The summed E-state index contributed by atoms with van der Waals surface area (Å²) in [5.41, 5.74) is 4.10. The lowest BCUT2D eigenvalue weighted by molar-refractivity contribution is 0.595. The van der Waals surface area contributed by atoms with E-state index in [-0.39, 0.29) is 0 Å². The van der Waals surface area contributed by atoms with E-state index >= 15 is 0 Å². The number of hydrogen-bond acceptors (Lipinski definition) is 2. The molecule has 0 radical (unpaired) electrons. The second kappa shape index (κ2) is 6.05. The molecule has 0 atom stereocenters. The first-order chi connectivity index (χ1) is 11.0. The highest BCUT2D eigenvalue weighted by Crippen LogP contribution is 2.26. The number of benzene rings is 2. The third-order valence-electron chi connectivity index (χ3n) is 3.95. The van der Waals surface area contributed by atoms with Crippen molar-refractivity contribution in [2.45, 2.75) is 30.1 Å². The van der Waals surface area contributed by atoms with Crippen LogP contribution in [0.1, 0.15) is 22.5 Å². The zero-order valence-corrected chi connectivity index (χ0v) is 14.0. The van der Waals surface area contributed by atoms with Crippen LogP contribution in [0.25, 0.3) is 0 Å². The molecule has 1 aromatic heterocycles. The van der Waals surface area contributed by atoms with E-state index in [0.29, 0.717) is 16.2 Å². The van der Waals surface area contributed by atoms with Gasteiger partial charge in [0.1, 0.15) is 0 Å². The number of hydrogen-bond donors (Lipinski definition) is 1. The van der Waals surface area contributed by atoms with Gasteiger partial charge < -0.3 is 4.98 Å². The SMILES string of the molecule is Cc1cc(Cc2ccccc2S(=O)(=O)c2ccccc2)c(C)[nH]1. The minimum absolute atomic E-state index is 0.328. The molecular formula is C19H19NO2S. The molecule has 118 valence electrons. The molecule has 1 N–H and O–H groups in total. The lowest BCUT2D eigenvalue weighted by atomic mass is 10.1. The molecule has 2 aromatic carbocycles. The third kappa shape index (κ3) is 3.08. The van der Waals surface area contributed by atoms with Gasteiger partial charge in [-0.2, -0.15) is 0 Å². The quantitative estimate of drug-likeness (QED) is 0.786. The molecule has 4 heteroatoms. The lowest BCUT2D eigenvalue weighted by Gasteiger charge is -2.10. The highest BCUT2D eigenvalue weighted by atomic mass is 32.2. The van der Waals surface area contributed by atoms with Gasteiger partial charge in [-0.05, 0) is 49.2 Å². The fourth-order valence-corrected chi connectivity index (χ4v) is 4.32. The van der Waals surface area contributed by atoms with E-state index in [0.717, 1.165) is 22.5 Å². The Bertz CT molecular complexity index is 925. The van der Waals surface area contributed by atoms with E-state index in [2.05, 4.69) is 11.1 Å². The van der Waals surface area contributed by atoms with Crippen molar-refractivity contribution in [1.29, 1.82) is 0 Å². The monoisotopic (exact) mass is 325 g/mol. The van der Waals surface area contributed by atoms with Crippen molar-refractivity contribution in [1.82, 2.24) is 4.98 Å². The van der Waals surface area contributed by atoms with Crippen LogP contribution in [-0.2, 0) is 16.3 Å². The Kier molecular flexibility index (Phi) is 4.09. The first-order valence-corrected chi connectivity index (χ1v) is 9.00. The van der Waals surface area contributed by atoms with Crippen LogP contribution in [0.3, 0.4) is 0 Å². The zero-order chi connectivity index (χ0) is 16.4. The maximum Gasteiger partial charge on any atom is 0.206 e. The standard InChI is InChI=1S/C19H19NO2S/c1-14-12-17(15(2)20-14)13-16-8-6-7-11-19(16)23(21,22)18-9-4-3-5-10-18/h3-12,20H,13H2,1-2H3. The zero-order valence-electron chi connectivity index (χ0n) is 13.2. The van der Waals surface area contributed by atoms with Crippen LogP contribution >= 0.6 is 0 Å². The molecule has 0 aliphatic rings. The number of aryl methyl sites for hydroxylation is 2. The topological polar surface area (TPSA) is 49.9 Å². The van der Waals surface area contributed by atoms with Gasteiger partial charge in [0, 0.05) is 17.8 Å². The first kappa shape index (κ1) is 15.6. The predicted octanol–water partition coefficient (Wildman–Crippen LogP) is 4.06. The smallest absolute Gasteiger partial charge is 0.206 e. The molecule has 0 aliphatic heterocycles. The van der Waals surface area contributed by atoms with Crippen LogP contribution in [-0.4, -0.2) is 13.4 Å². The number of aromatic amines is 1. The van der Waals surface area contributed by atoms with Crippen LogP contribution < -0.4 is 0 Å². The lowest BCUT2D eigenvalue weighted by Crippen LogP contribution is -2.06. The second-order valence-electron chi connectivity index (χ2n) is 5.70. The third-order valence-corrected chi connectivity index (χ3v) is 5.82.